The molecule has 2 aliphatic rings. The number of carboxylic acid groups (broad SMARTS) is 1. The molecule has 4 nitrogen and oxygen atoms in total. The molecule has 0 bridgehead atoms. The van der Waals surface area contributed by atoms with E-state index in [-0.39, 0.29) is 24.2 Å². The third-order valence-electron chi connectivity index (χ3n) is 5.76. The molecule has 2 rings (SSSR count). The summed E-state index contributed by atoms with van der Waals surface area (Å²) in [6.07, 6.45) is 11.6. The van der Waals surface area contributed by atoms with Crippen LogP contribution in [0.4, 0.5) is 0 Å². The Morgan fingerprint density at radius 1 is 1.12 bits per heavy atom. The summed E-state index contributed by atoms with van der Waals surface area (Å²) >= 11 is 0. The highest BCUT2D eigenvalue weighted by molar-refractivity contribution is 5.88. The maximum absolute atomic E-state index is 12.5. The molecular formula is C20H30O4. The monoisotopic (exact) mass is 334 g/mol. The predicted octanol–water partition coefficient (Wildman–Crippen LogP) is 4.18. The SMILES string of the molecule is CCCC[C@@H]1C(=O)CC[C@H]2[C@@H]1CC(=O)[C@H]2C/C=C\CCCC(=O)O. The van der Waals surface area contributed by atoms with E-state index in [4.69, 9.17) is 5.11 Å². The fraction of sp³-hybridized carbons (Fsp3) is 0.750. The Balaban J connectivity index is 1.88. The topological polar surface area (TPSA) is 71.4 Å². The molecule has 0 aliphatic heterocycles. The summed E-state index contributed by atoms with van der Waals surface area (Å²) in [4.78, 5) is 35.2. The number of hydrogen-bond donors (Lipinski definition) is 1. The minimum absolute atomic E-state index is 0.0722. The van der Waals surface area contributed by atoms with Crippen molar-refractivity contribution in [1.82, 2.24) is 0 Å². The largest absolute Gasteiger partial charge is 0.481 e. The maximum Gasteiger partial charge on any atom is 0.303 e. The fourth-order valence-corrected chi connectivity index (χ4v) is 4.50. The number of Topliss-reactive ketones (excluding diaryl/α,β-unsaturated/α-hetero) is 2. The van der Waals surface area contributed by atoms with Crippen molar-refractivity contribution < 1.29 is 19.5 Å². The van der Waals surface area contributed by atoms with Crippen LogP contribution < -0.4 is 0 Å². The zero-order valence-electron chi connectivity index (χ0n) is 14.7. The van der Waals surface area contributed by atoms with Crippen LogP contribution in [0.3, 0.4) is 0 Å². The Labute approximate surface area is 144 Å². The molecule has 0 aromatic heterocycles. The molecule has 1 N–H and O–H groups in total. The van der Waals surface area contributed by atoms with Gasteiger partial charge in [0.25, 0.3) is 0 Å². The van der Waals surface area contributed by atoms with E-state index in [0.29, 0.717) is 36.7 Å². The number of carbonyl (C=O) groups excluding carboxylic acids is 2. The van der Waals surface area contributed by atoms with E-state index in [9.17, 15) is 14.4 Å². The Morgan fingerprint density at radius 3 is 2.62 bits per heavy atom. The van der Waals surface area contributed by atoms with Gasteiger partial charge < -0.3 is 5.11 Å². The van der Waals surface area contributed by atoms with Crippen LogP contribution in [0.15, 0.2) is 12.2 Å². The van der Waals surface area contributed by atoms with Crippen LogP contribution in [0, 0.1) is 23.7 Å². The first-order valence-corrected chi connectivity index (χ1v) is 9.46. The Bertz CT molecular complexity index is 494. The summed E-state index contributed by atoms with van der Waals surface area (Å²) in [5, 5.41) is 8.62. The van der Waals surface area contributed by atoms with Gasteiger partial charge in [0.05, 0.1) is 0 Å². The van der Waals surface area contributed by atoms with Gasteiger partial charge in [-0.15, -0.1) is 0 Å². The van der Waals surface area contributed by atoms with Gasteiger partial charge in [-0.05, 0) is 43.9 Å². The zero-order valence-corrected chi connectivity index (χ0v) is 14.7. The average molecular weight is 334 g/mol. The number of carboxylic acids is 1. The lowest BCUT2D eigenvalue weighted by Crippen LogP contribution is -2.34. The van der Waals surface area contributed by atoms with E-state index in [1.54, 1.807) is 0 Å². The second-order valence-electron chi connectivity index (χ2n) is 7.35. The number of carbonyl (C=O) groups is 3. The quantitative estimate of drug-likeness (QED) is 0.507. The van der Waals surface area contributed by atoms with Gasteiger partial charge >= 0.3 is 5.97 Å². The summed E-state index contributed by atoms with van der Waals surface area (Å²) in [5.41, 5.74) is 0. The summed E-state index contributed by atoms with van der Waals surface area (Å²) in [7, 11) is 0. The van der Waals surface area contributed by atoms with Crippen molar-refractivity contribution in [2.24, 2.45) is 23.7 Å². The van der Waals surface area contributed by atoms with Gasteiger partial charge in [-0.2, -0.15) is 0 Å². The number of rotatable bonds is 9. The summed E-state index contributed by atoms with van der Waals surface area (Å²) < 4.78 is 0. The van der Waals surface area contributed by atoms with E-state index in [2.05, 4.69) is 6.92 Å². The number of hydrogen-bond acceptors (Lipinski definition) is 3. The van der Waals surface area contributed by atoms with Crippen LogP contribution in [0.2, 0.25) is 0 Å². The van der Waals surface area contributed by atoms with Crippen LogP contribution in [0.1, 0.15) is 71.1 Å². The van der Waals surface area contributed by atoms with Crippen LogP contribution in [0.5, 0.6) is 0 Å². The molecule has 0 aromatic rings. The lowest BCUT2D eigenvalue weighted by molar-refractivity contribution is -0.137. The Kier molecular flexibility index (Phi) is 7.19. The van der Waals surface area contributed by atoms with Crippen molar-refractivity contribution in [2.75, 3.05) is 0 Å². The highest BCUT2D eigenvalue weighted by atomic mass is 16.4. The Hall–Kier alpha value is -1.45. The minimum atomic E-state index is -0.762. The predicted molar refractivity (Wildman–Crippen MR) is 92.6 cm³/mol. The van der Waals surface area contributed by atoms with Crippen molar-refractivity contribution in [2.45, 2.75) is 71.1 Å². The van der Waals surface area contributed by atoms with Gasteiger partial charge in [0, 0.05) is 31.1 Å². The molecule has 24 heavy (non-hydrogen) atoms. The molecule has 0 amide bonds. The van der Waals surface area contributed by atoms with Gasteiger partial charge in [-0.25, -0.2) is 0 Å². The van der Waals surface area contributed by atoms with Gasteiger partial charge in [0.2, 0.25) is 0 Å². The molecule has 4 heteroatoms. The van der Waals surface area contributed by atoms with E-state index in [0.717, 1.165) is 38.5 Å². The van der Waals surface area contributed by atoms with Crippen molar-refractivity contribution in [3.8, 4) is 0 Å². The number of fused-ring (bicyclic) bond motifs is 1. The highest BCUT2D eigenvalue weighted by Crippen LogP contribution is 2.48. The van der Waals surface area contributed by atoms with E-state index in [1.807, 2.05) is 12.2 Å². The average Bonchev–Trinajstić information content (AvgIpc) is 2.85. The van der Waals surface area contributed by atoms with Crippen LogP contribution >= 0.6 is 0 Å². The lowest BCUT2D eigenvalue weighted by Gasteiger charge is -2.34. The molecule has 0 unspecified atom stereocenters. The van der Waals surface area contributed by atoms with E-state index in [1.165, 1.54) is 0 Å². The van der Waals surface area contributed by atoms with Gasteiger partial charge in [-0.1, -0.05) is 31.9 Å². The lowest BCUT2D eigenvalue weighted by atomic mass is 9.69. The first-order valence-electron chi connectivity index (χ1n) is 9.46. The summed E-state index contributed by atoms with van der Waals surface area (Å²) in [5.74, 6) is 0.775. The molecule has 0 aromatic carbocycles. The summed E-state index contributed by atoms with van der Waals surface area (Å²) in [6.45, 7) is 2.14. The minimum Gasteiger partial charge on any atom is -0.481 e. The second-order valence-corrected chi connectivity index (χ2v) is 7.35. The molecule has 0 radical (unpaired) electrons. The third-order valence-corrected chi connectivity index (χ3v) is 5.76. The number of aliphatic carboxylic acids is 1. The summed E-state index contributed by atoms with van der Waals surface area (Å²) in [6, 6.07) is 0. The molecule has 134 valence electrons. The maximum atomic E-state index is 12.5. The number of unbranched alkanes of at least 4 members (excludes halogenated alkanes) is 2. The van der Waals surface area contributed by atoms with Gasteiger partial charge in [-0.3, -0.25) is 14.4 Å². The van der Waals surface area contributed by atoms with Crippen LogP contribution in [-0.2, 0) is 14.4 Å². The molecular weight excluding hydrogens is 304 g/mol. The smallest absolute Gasteiger partial charge is 0.303 e. The Morgan fingerprint density at radius 2 is 1.92 bits per heavy atom. The molecule has 2 saturated carbocycles. The normalized spacial score (nSPS) is 30.0. The first kappa shape index (κ1) is 18.9. The molecule has 2 aliphatic carbocycles. The van der Waals surface area contributed by atoms with Crippen molar-refractivity contribution in [3.63, 3.8) is 0 Å². The van der Waals surface area contributed by atoms with Crippen molar-refractivity contribution in [3.05, 3.63) is 12.2 Å². The number of allylic oxidation sites excluding steroid dienone is 2. The van der Waals surface area contributed by atoms with Crippen LogP contribution in [-0.4, -0.2) is 22.6 Å². The van der Waals surface area contributed by atoms with Crippen LogP contribution in [0.25, 0.3) is 0 Å². The number of ketones is 2. The fourth-order valence-electron chi connectivity index (χ4n) is 4.50. The van der Waals surface area contributed by atoms with Gasteiger partial charge in [0.15, 0.2) is 0 Å². The first-order chi connectivity index (χ1) is 11.5. The third kappa shape index (κ3) is 4.78. The van der Waals surface area contributed by atoms with E-state index >= 15 is 0 Å². The standard InChI is InChI=1S/C20H30O4/c1-2-3-8-16-17-13-19(22)15(14(17)11-12-18(16)21)9-6-4-5-7-10-20(23)24/h4,6,14-17H,2-3,5,7-13H2,1H3,(H,23,24)/b6-4-/t14-,15+,16+,17+/m1/s1. The molecule has 0 spiro atoms. The highest BCUT2D eigenvalue weighted by Gasteiger charge is 2.48. The second kappa shape index (κ2) is 9.14. The van der Waals surface area contributed by atoms with Crippen molar-refractivity contribution in [1.29, 1.82) is 0 Å². The molecule has 2 fully saturated rings. The van der Waals surface area contributed by atoms with Gasteiger partial charge in [0.1, 0.15) is 11.6 Å². The van der Waals surface area contributed by atoms with E-state index < -0.39 is 5.97 Å². The molecule has 0 heterocycles. The zero-order chi connectivity index (χ0) is 17.5. The molecule has 0 saturated heterocycles. The van der Waals surface area contributed by atoms with Crippen molar-refractivity contribution >= 4 is 17.5 Å². The molecule has 4 atom stereocenters.